The number of rotatable bonds is 11. The number of halogens is 2. The Morgan fingerprint density at radius 2 is 2.07 bits per heavy atom. The summed E-state index contributed by atoms with van der Waals surface area (Å²) < 4.78 is 26.6. The average molecular weight is 519 g/mol. The summed E-state index contributed by atoms with van der Waals surface area (Å²) >= 11 is 0. The van der Waals surface area contributed by atoms with E-state index in [1.54, 1.807) is 30.1 Å². The Bertz CT molecular complexity index is 754. The van der Waals surface area contributed by atoms with Crippen molar-refractivity contribution in [3.05, 3.63) is 47.8 Å². The molecule has 0 aliphatic carbocycles. The van der Waals surface area contributed by atoms with Crippen LogP contribution in [-0.4, -0.2) is 55.5 Å². The van der Waals surface area contributed by atoms with Gasteiger partial charge >= 0.3 is 0 Å². The molecule has 0 saturated heterocycles. The van der Waals surface area contributed by atoms with Crippen LogP contribution < -0.4 is 10.6 Å². The maximum Gasteiger partial charge on any atom is 0.191 e. The number of aromatic nitrogens is 2. The number of methoxy groups -OCH3 is 1. The Balaban J connectivity index is 0.00000420. The minimum absolute atomic E-state index is 0. The molecule has 0 spiro atoms. The molecule has 2 rings (SSSR count). The third-order valence-corrected chi connectivity index (χ3v) is 4.05. The summed E-state index contributed by atoms with van der Waals surface area (Å²) in [7, 11) is 1.65. The van der Waals surface area contributed by atoms with Gasteiger partial charge in [-0.1, -0.05) is 6.07 Å². The average Bonchev–Trinajstić information content (AvgIpc) is 3.11. The molecule has 1 aromatic carbocycles. The second-order valence-electron chi connectivity index (χ2n) is 6.21. The Morgan fingerprint density at radius 3 is 2.72 bits per heavy atom. The van der Waals surface area contributed by atoms with Gasteiger partial charge in [-0.05, 0) is 38.0 Å². The van der Waals surface area contributed by atoms with Gasteiger partial charge in [0, 0.05) is 39.2 Å². The Morgan fingerprint density at radius 1 is 1.24 bits per heavy atom. The molecule has 0 bridgehead atoms. The van der Waals surface area contributed by atoms with Gasteiger partial charge in [-0.25, -0.2) is 14.4 Å². The number of hydrogen-bond acceptors (Lipinski definition) is 4. The van der Waals surface area contributed by atoms with E-state index in [0.29, 0.717) is 38.0 Å². The fourth-order valence-electron chi connectivity index (χ4n) is 2.61. The van der Waals surface area contributed by atoms with E-state index in [1.807, 2.05) is 19.9 Å². The maximum atomic E-state index is 14.5. The highest BCUT2D eigenvalue weighted by Gasteiger charge is 2.08. The molecule has 2 N–H and O–H groups in total. The first kappa shape index (κ1) is 25.3. The van der Waals surface area contributed by atoms with Crippen molar-refractivity contribution in [3.63, 3.8) is 0 Å². The van der Waals surface area contributed by atoms with Crippen molar-refractivity contribution in [2.45, 2.75) is 26.8 Å². The van der Waals surface area contributed by atoms with Gasteiger partial charge in [-0.3, -0.25) is 0 Å². The molecular formula is C20H31FIN5O2. The predicted octanol–water partition coefficient (Wildman–Crippen LogP) is 3.05. The fourth-order valence-corrected chi connectivity index (χ4v) is 2.61. The quantitative estimate of drug-likeness (QED) is 0.207. The van der Waals surface area contributed by atoms with E-state index in [4.69, 9.17) is 9.47 Å². The summed E-state index contributed by atoms with van der Waals surface area (Å²) in [6, 6.07) is 5.16. The van der Waals surface area contributed by atoms with Crippen LogP contribution in [-0.2, 0) is 16.0 Å². The van der Waals surface area contributed by atoms with Crippen LogP contribution >= 0.6 is 24.0 Å². The topological polar surface area (TPSA) is 72.7 Å². The molecule has 0 atom stereocenters. The molecule has 0 amide bonds. The second kappa shape index (κ2) is 14.3. The maximum absolute atomic E-state index is 14.5. The third-order valence-electron chi connectivity index (χ3n) is 4.05. The number of guanidine groups is 1. The summed E-state index contributed by atoms with van der Waals surface area (Å²) in [6.07, 6.45) is 4.27. The molecule has 29 heavy (non-hydrogen) atoms. The molecule has 1 heterocycles. The van der Waals surface area contributed by atoms with Crippen molar-refractivity contribution >= 4 is 29.9 Å². The lowest BCUT2D eigenvalue weighted by molar-refractivity contribution is 0.0698. The van der Waals surface area contributed by atoms with Gasteiger partial charge in [-0.2, -0.15) is 0 Å². The van der Waals surface area contributed by atoms with E-state index in [2.05, 4.69) is 20.6 Å². The number of imidazole rings is 1. The van der Waals surface area contributed by atoms with Crippen molar-refractivity contribution in [1.82, 2.24) is 20.2 Å². The van der Waals surface area contributed by atoms with Gasteiger partial charge in [0.1, 0.15) is 11.6 Å². The van der Waals surface area contributed by atoms with E-state index < -0.39 is 0 Å². The number of ether oxygens (including phenoxy) is 2. The summed E-state index contributed by atoms with van der Waals surface area (Å²) in [6.45, 7) is 7.60. The number of nitrogens with one attached hydrogen (secondary N) is 2. The molecule has 0 fully saturated rings. The van der Waals surface area contributed by atoms with Crippen LogP contribution in [0.25, 0.3) is 5.69 Å². The number of hydrogen-bond donors (Lipinski definition) is 2. The summed E-state index contributed by atoms with van der Waals surface area (Å²) in [4.78, 5) is 8.67. The Hall–Kier alpha value is -1.72. The number of benzene rings is 1. The molecule has 0 aliphatic rings. The summed E-state index contributed by atoms with van der Waals surface area (Å²) in [5.41, 5.74) is 1.29. The van der Waals surface area contributed by atoms with Crippen LogP contribution in [0.15, 0.2) is 35.6 Å². The number of aryl methyl sites for hydroxylation is 1. The predicted molar refractivity (Wildman–Crippen MR) is 124 cm³/mol. The van der Waals surface area contributed by atoms with Gasteiger partial charge < -0.3 is 24.7 Å². The lowest BCUT2D eigenvalue weighted by Gasteiger charge is -2.12. The first-order valence-electron chi connectivity index (χ1n) is 9.53. The Kier molecular flexibility index (Phi) is 12.5. The van der Waals surface area contributed by atoms with Crippen LogP contribution in [0.2, 0.25) is 0 Å². The van der Waals surface area contributed by atoms with E-state index in [-0.39, 0.29) is 29.8 Å². The van der Waals surface area contributed by atoms with Crippen molar-refractivity contribution in [2.24, 2.45) is 4.99 Å². The SMILES string of the molecule is CCNC(=NCc1ccc(-n2ccnc2C)c(F)c1)NCCCOCCOC.I. The fraction of sp³-hybridized carbons (Fsp3) is 0.500. The molecule has 0 unspecified atom stereocenters. The van der Waals surface area contributed by atoms with Crippen LogP contribution in [0.5, 0.6) is 0 Å². The third kappa shape index (κ3) is 8.67. The molecule has 7 nitrogen and oxygen atoms in total. The van der Waals surface area contributed by atoms with Crippen LogP contribution in [0.3, 0.4) is 0 Å². The lowest BCUT2D eigenvalue weighted by atomic mass is 10.2. The molecule has 0 saturated carbocycles. The van der Waals surface area contributed by atoms with Crippen molar-refractivity contribution in [1.29, 1.82) is 0 Å². The zero-order chi connectivity index (χ0) is 20.2. The molecule has 2 aromatic rings. The lowest BCUT2D eigenvalue weighted by Crippen LogP contribution is -2.38. The van der Waals surface area contributed by atoms with Gasteiger partial charge in [0.25, 0.3) is 0 Å². The zero-order valence-electron chi connectivity index (χ0n) is 17.3. The standard InChI is InChI=1S/C20H30FN5O2.HI/c1-4-22-20(24-8-5-11-28-13-12-27-3)25-15-17-6-7-19(18(21)14-17)26-10-9-23-16(26)2;/h6-7,9-10,14H,4-5,8,11-13,15H2,1-3H3,(H2,22,24,25);1H. The van der Waals surface area contributed by atoms with Crippen LogP contribution in [0.4, 0.5) is 4.39 Å². The highest BCUT2D eigenvalue weighted by atomic mass is 127. The normalized spacial score (nSPS) is 11.2. The van der Waals surface area contributed by atoms with Gasteiger partial charge in [0.2, 0.25) is 0 Å². The molecule has 0 radical (unpaired) electrons. The smallest absolute Gasteiger partial charge is 0.191 e. The Labute approximate surface area is 189 Å². The van der Waals surface area contributed by atoms with Crippen molar-refractivity contribution in [2.75, 3.05) is 40.0 Å². The van der Waals surface area contributed by atoms with Crippen molar-refractivity contribution < 1.29 is 13.9 Å². The molecule has 0 aliphatic heterocycles. The molecule has 9 heteroatoms. The molecule has 1 aromatic heterocycles. The molecule has 162 valence electrons. The number of aliphatic imine (C=N–C) groups is 1. The van der Waals surface area contributed by atoms with Crippen LogP contribution in [0.1, 0.15) is 24.7 Å². The van der Waals surface area contributed by atoms with Crippen molar-refractivity contribution in [3.8, 4) is 5.69 Å². The van der Waals surface area contributed by atoms with E-state index in [9.17, 15) is 4.39 Å². The minimum Gasteiger partial charge on any atom is -0.382 e. The monoisotopic (exact) mass is 519 g/mol. The van der Waals surface area contributed by atoms with Crippen LogP contribution in [0, 0.1) is 12.7 Å². The summed E-state index contributed by atoms with van der Waals surface area (Å²) in [5, 5.41) is 6.45. The van der Waals surface area contributed by atoms with Gasteiger partial charge in [-0.15, -0.1) is 24.0 Å². The zero-order valence-corrected chi connectivity index (χ0v) is 19.6. The van der Waals surface area contributed by atoms with E-state index >= 15 is 0 Å². The largest absolute Gasteiger partial charge is 0.382 e. The van der Waals surface area contributed by atoms with E-state index in [1.165, 1.54) is 6.07 Å². The second-order valence-corrected chi connectivity index (χ2v) is 6.21. The minimum atomic E-state index is -0.292. The first-order chi connectivity index (χ1) is 13.7. The molecular weight excluding hydrogens is 488 g/mol. The first-order valence-corrected chi connectivity index (χ1v) is 9.53. The summed E-state index contributed by atoms with van der Waals surface area (Å²) in [5.74, 6) is 1.16. The number of nitrogens with zero attached hydrogens (tertiary/aromatic N) is 3. The van der Waals surface area contributed by atoms with Gasteiger partial charge in [0.15, 0.2) is 5.96 Å². The van der Waals surface area contributed by atoms with E-state index in [0.717, 1.165) is 30.9 Å². The van der Waals surface area contributed by atoms with Gasteiger partial charge in [0.05, 0.1) is 25.4 Å². The highest BCUT2D eigenvalue weighted by molar-refractivity contribution is 14.0. The highest BCUT2D eigenvalue weighted by Crippen LogP contribution is 2.17.